The van der Waals surface area contributed by atoms with Crippen LogP contribution in [0.15, 0.2) is 34.3 Å². The van der Waals surface area contributed by atoms with E-state index in [1.165, 1.54) is 18.6 Å². The van der Waals surface area contributed by atoms with Crippen LogP contribution in [0.25, 0.3) is 11.0 Å². The lowest BCUT2D eigenvalue weighted by Gasteiger charge is -2.19. The SMILES string of the molecule is CC(=O)c1ccc2oc(C(C)(O)CCC=C(C)C)cc2c1O. The second-order valence-corrected chi connectivity index (χ2v) is 6.13. The molecule has 0 aliphatic rings. The van der Waals surface area contributed by atoms with Crippen molar-refractivity contribution in [2.75, 3.05) is 0 Å². The van der Waals surface area contributed by atoms with Crippen molar-refractivity contribution in [3.05, 3.63) is 41.2 Å². The van der Waals surface area contributed by atoms with Crippen LogP contribution in [-0.2, 0) is 5.60 Å². The van der Waals surface area contributed by atoms with Crippen molar-refractivity contribution in [2.24, 2.45) is 0 Å². The minimum absolute atomic E-state index is 0.0971. The Labute approximate surface area is 130 Å². The molecule has 0 saturated carbocycles. The van der Waals surface area contributed by atoms with E-state index in [4.69, 9.17) is 4.42 Å². The van der Waals surface area contributed by atoms with E-state index in [2.05, 4.69) is 6.08 Å². The van der Waals surface area contributed by atoms with Gasteiger partial charge >= 0.3 is 0 Å². The fourth-order valence-electron chi connectivity index (χ4n) is 2.41. The maximum atomic E-state index is 11.5. The molecule has 0 aliphatic carbocycles. The maximum Gasteiger partial charge on any atom is 0.163 e. The van der Waals surface area contributed by atoms with Crippen molar-refractivity contribution in [2.45, 2.75) is 46.1 Å². The fraction of sp³-hybridized carbons (Fsp3) is 0.389. The van der Waals surface area contributed by atoms with Gasteiger partial charge in [0, 0.05) is 0 Å². The highest BCUT2D eigenvalue weighted by molar-refractivity contribution is 6.02. The lowest BCUT2D eigenvalue weighted by atomic mass is 9.96. The van der Waals surface area contributed by atoms with Crippen molar-refractivity contribution < 1.29 is 19.4 Å². The number of furan rings is 1. The molecule has 1 unspecified atom stereocenters. The lowest BCUT2D eigenvalue weighted by molar-refractivity contribution is 0.0277. The second-order valence-electron chi connectivity index (χ2n) is 6.13. The van der Waals surface area contributed by atoms with E-state index in [1.54, 1.807) is 19.1 Å². The van der Waals surface area contributed by atoms with Gasteiger partial charge < -0.3 is 14.6 Å². The first-order chi connectivity index (χ1) is 10.2. The van der Waals surface area contributed by atoms with Gasteiger partial charge in [-0.25, -0.2) is 0 Å². The van der Waals surface area contributed by atoms with Crippen LogP contribution in [0, 0.1) is 0 Å². The zero-order chi connectivity index (χ0) is 16.5. The van der Waals surface area contributed by atoms with Crippen LogP contribution in [0.2, 0.25) is 0 Å². The molecule has 0 spiro atoms. The number of fused-ring (bicyclic) bond motifs is 1. The van der Waals surface area contributed by atoms with E-state index in [-0.39, 0.29) is 17.1 Å². The molecule has 0 radical (unpaired) electrons. The van der Waals surface area contributed by atoms with E-state index < -0.39 is 5.60 Å². The summed E-state index contributed by atoms with van der Waals surface area (Å²) in [6.45, 7) is 7.11. The summed E-state index contributed by atoms with van der Waals surface area (Å²) in [5, 5.41) is 21.2. The predicted molar refractivity (Wildman–Crippen MR) is 86.1 cm³/mol. The van der Waals surface area contributed by atoms with Gasteiger partial charge in [-0.3, -0.25) is 4.79 Å². The number of carbonyl (C=O) groups excluding carboxylic acids is 1. The summed E-state index contributed by atoms with van der Waals surface area (Å²) in [5.41, 5.74) is 0.779. The normalized spacial score (nSPS) is 13.9. The molecule has 1 aromatic heterocycles. The number of aliphatic hydroxyl groups is 1. The van der Waals surface area contributed by atoms with Crippen molar-refractivity contribution in [3.63, 3.8) is 0 Å². The zero-order valence-corrected chi connectivity index (χ0v) is 13.4. The molecule has 1 aromatic carbocycles. The summed E-state index contributed by atoms with van der Waals surface area (Å²) >= 11 is 0. The Morgan fingerprint density at radius 1 is 1.32 bits per heavy atom. The minimum Gasteiger partial charge on any atom is -0.506 e. The lowest BCUT2D eigenvalue weighted by Crippen LogP contribution is -2.19. The first-order valence-corrected chi connectivity index (χ1v) is 7.35. The van der Waals surface area contributed by atoms with Crippen LogP contribution in [0.1, 0.15) is 56.7 Å². The predicted octanol–water partition coefficient (Wildman–Crippen LogP) is 4.29. The third-order valence-electron chi connectivity index (χ3n) is 3.77. The summed E-state index contributed by atoms with van der Waals surface area (Å²) in [6, 6.07) is 4.78. The Kier molecular flexibility index (Phi) is 4.42. The molecule has 0 bridgehead atoms. The van der Waals surface area contributed by atoms with Gasteiger partial charge in [-0.05, 0) is 58.7 Å². The van der Waals surface area contributed by atoms with Gasteiger partial charge in [-0.15, -0.1) is 0 Å². The summed E-state index contributed by atoms with van der Waals surface area (Å²) in [7, 11) is 0. The Bertz CT molecular complexity index is 731. The number of hydrogen-bond acceptors (Lipinski definition) is 4. The third kappa shape index (κ3) is 3.22. The number of phenolic OH excluding ortho intramolecular Hbond substituents is 1. The number of carbonyl (C=O) groups is 1. The van der Waals surface area contributed by atoms with Crippen molar-refractivity contribution in [3.8, 4) is 5.75 Å². The summed E-state index contributed by atoms with van der Waals surface area (Å²) in [5.74, 6) is 0.0817. The molecule has 4 nitrogen and oxygen atoms in total. The van der Waals surface area contributed by atoms with Crippen LogP contribution >= 0.6 is 0 Å². The van der Waals surface area contributed by atoms with E-state index in [0.29, 0.717) is 23.2 Å². The Hall–Kier alpha value is -2.07. The molecule has 2 N–H and O–H groups in total. The second kappa shape index (κ2) is 5.97. The molecule has 4 heteroatoms. The minimum atomic E-state index is -1.13. The number of allylic oxidation sites excluding steroid dienone is 2. The molecule has 1 atom stereocenters. The summed E-state index contributed by atoms with van der Waals surface area (Å²) in [4.78, 5) is 11.5. The van der Waals surface area contributed by atoms with Gasteiger partial charge in [0.15, 0.2) is 5.78 Å². The number of aromatic hydroxyl groups is 1. The molecule has 2 rings (SSSR count). The van der Waals surface area contributed by atoms with Gasteiger partial charge in [0.05, 0.1) is 10.9 Å². The zero-order valence-electron chi connectivity index (χ0n) is 13.4. The molecule has 118 valence electrons. The van der Waals surface area contributed by atoms with Gasteiger partial charge in [0.25, 0.3) is 0 Å². The van der Waals surface area contributed by atoms with E-state index in [0.717, 1.165) is 6.42 Å². The highest BCUT2D eigenvalue weighted by Gasteiger charge is 2.27. The number of hydrogen-bond donors (Lipinski definition) is 2. The largest absolute Gasteiger partial charge is 0.506 e. The smallest absolute Gasteiger partial charge is 0.163 e. The molecular weight excluding hydrogens is 280 g/mol. The average molecular weight is 302 g/mol. The first kappa shape index (κ1) is 16.3. The quantitative estimate of drug-likeness (QED) is 0.638. The third-order valence-corrected chi connectivity index (χ3v) is 3.77. The fourth-order valence-corrected chi connectivity index (χ4v) is 2.41. The topological polar surface area (TPSA) is 70.7 Å². The molecule has 22 heavy (non-hydrogen) atoms. The molecular formula is C18H22O4. The maximum absolute atomic E-state index is 11.5. The molecule has 2 aromatic rings. The van der Waals surface area contributed by atoms with Crippen molar-refractivity contribution in [1.29, 1.82) is 0 Å². The Morgan fingerprint density at radius 3 is 2.59 bits per heavy atom. The van der Waals surface area contributed by atoms with Crippen LogP contribution in [0.3, 0.4) is 0 Å². The summed E-state index contributed by atoms with van der Waals surface area (Å²) < 4.78 is 5.66. The number of benzene rings is 1. The number of phenols is 1. The Balaban J connectivity index is 2.38. The number of rotatable bonds is 5. The van der Waals surface area contributed by atoms with Crippen LogP contribution < -0.4 is 0 Å². The van der Waals surface area contributed by atoms with E-state index in [1.807, 2.05) is 13.8 Å². The highest BCUT2D eigenvalue weighted by Crippen LogP contribution is 2.36. The Morgan fingerprint density at radius 2 is 2.00 bits per heavy atom. The van der Waals surface area contributed by atoms with Gasteiger partial charge in [-0.2, -0.15) is 0 Å². The van der Waals surface area contributed by atoms with Gasteiger partial charge in [-0.1, -0.05) is 11.6 Å². The first-order valence-electron chi connectivity index (χ1n) is 7.35. The van der Waals surface area contributed by atoms with Gasteiger partial charge in [0.1, 0.15) is 22.7 Å². The number of ketones is 1. The van der Waals surface area contributed by atoms with Crippen LogP contribution in [0.4, 0.5) is 0 Å². The monoisotopic (exact) mass is 302 g/mol. The highest BCUT2D eigenvalue weighted by atomic mass is 16.4. The van der Waals surface area contributed by atoms with E-state index in [9.17, 15) is 15.0 Å². The number of Topliss-reactive ketones (excluding diaryl/α,β-unsaturated/α-hetero) is 1. The molecule has 0 amide bonds. The molecule has 0 saturated heterocycles. The van der Waals surface area contributed by atoms with Crippen molar-refractivity contribution in [1.82, 2.24) is 0 Å². The molecule has 1 heterocycles. The van der Waals surface area contributed by atoms with Crippen LogP contribution in [0.5, 0.6) is 5.75 Å². The van der Waals surface area contributed by atoms with Crippen LogP contribution in [-0.4, -0.2) is 16.0 Å². The van der Waals surface area contributed by atoms with Crippen molar-refractivity contribution >= 4 is 16.8 Å². The molecule has 0 fully saturated rings. The average Bonchev–Trinajstić information content (AvgIpc) is 2.83. The molecule has 0 aliphatic heterocycles. The van der Waals surface area contributed by atoms with E-state index >= 15 is 0 Å². The van der Waals surface area contributed by atoms with Gasteiger partial charge in [0.2, 0.25) is 0 Å². The standard InChI is InChI=1S/C18H22O4/c1-11(2)6-5-9-18(4,21)16-10-14-15(22-16)8-7-13(12(3)19)17(14)20/h6-8,10,20-21H,5,9H2,1-4H3. The summed E-state index contributed by atoms with van der Waals surface area (Å²) in [6.07, 6.45) is 3.30.